The van der Waals surface area contributed by atoms with Gasteiger partial charge in [0.2, 0.25) is 0 Å². The van der Waals surface area contributed by atoms with E-state index in [4.69, 9.17) is 0 Å². The van der Waals surface area contributed by atoms with Gasteiger partial charge < -0.3 is 10.2 Å². The number of hydrogen-bond donors (Lipinski definition) is 1. The third-order valence-corrected chi connectivity index (χ3v) is 2.70. The first-order chi connectivity index (χ1) is 8.75. The van der Waals surface area contributed by atoms with Crippen molar-refractivity contribution < 1.29 is 17.6 Å². The second-order valence-corrected chi connectivity index (χ2v) is 4.61. The molecule has 108 valence electrons. The van der Waals surface area contributed by atoms with E-state index in [0.29, 0.717) is 18.7 Å². The first kappa shape index (κ1) is 15.9. The Kier molecular flexibility index (Phi) is 5.31. The molecule has 6 heteroatoms. The topological polar surface area (TPSA) is 15.3 Å². The van der Waals surface area contributed by atoms with Crippen LogP contribution in [0.15, 0.2) is 18.2 Å². The molecule has 0 aliphatic rings. The van der Waals surface area contributed by atoms with Gasteiger partial charge in [0.15, 0.2) is 0 Å². The fourth-order valence-corrected chi connectivity index (χ4v) is 1.88. The highest BCUT2D eigenvalue weighted by atomic mass is 19.4. The predicted octanol–water partition coefficient (Wildman–Crippen LogP) is 3.06. The summed E-state index contributed by atoms with van der Waals surface area (Å²) in [5.41, 5.74) is -0.782. The first-order valence-electron chi connectivity index (χ1n) is 6.00. The van der Waals surface area contributed by atoms with Crippen LogP contribution in [0.5, 0.6) is 0 Å². The summed E-state index contributed by atoms with van der Waals surface area (Å²) >= 11 is 0. The second-order valence-electron chi connectivity index (χ2n) is 4.61. The molecule has 0 aromatic heterocycles. The summed E-state index contributed by atoms with van der Waals surface area (Å²) in [4.78, 5) is 1.87. The van der Waals surface area contributed by atoms with E-state index in [9.17, 15) is 17.6 Å². The van der Waals surface area contributed by atoms with E-state index in [-0.39, 0.29) is 6.04 Å². The number of nitrogens with one attached hydrogen (secondary N) is 1. The molecule has 1 unspecified atom stereocenters. The van der Waals surface area contributed by atoms with Gasteiger partial charge in [0.05, 0.1) is 5.56 Å². The number of hydrogen-bond acceptors (Lipinski definition) is 2. The lowest BCUT2D eigenvalue weighted by atomic mass is 10.0. The van der Waals surface area contributed by atoms with Gasteiger partial charge in [-0.15, -0.1) is 0 Å². The second kappa shape index (κ2) is 6.34. The SMILES string of the molecule is CCNC(CN(C)C)c1ccc(F)c(C(F)(F)F)c1. The van der Waals surface area contributed by atoms with E-state index in [1.807, 2.05) is 25.9 Å². The van der Waals surface area contributed by atoms with Gasteiger partial charge in [0.25, 0.3) is 0 Å². The number of alkyl halides is 3. The van der Waals surface area contributed by atoms with Crippen LogP contribution < -0.4 is 5.32 Å². The van der Waals surface area contributed by atoms with Crippen molar-refractivity contribution in [3.8, 4) is 0 Å². The molecule has 2 nitrogen and oxygen atoms in total. The molecule has 0 saturated heterocycles. The molecule has 1 rings (SSSR count). The maximum atomic E-state index is 13.2. The minimum atomic E-state index is -4.67. The van der Waals surface area contributed by atoms with Gasteiger partial charge in [0.1, 0.15) is 5.82 Å². The molecule has 1 aromatic carbocycles. The summed E-state index contributed by atoms with van der Waals surface area (Å²) in [6.45, 7) is 3.03. The molecule has 1 aromatic rings. The molecule has 0 saturated carbocycles. The summed E-state index contributed by atoms with van der Waals surface area (Å²) in [7, 11) is 3.66. The largest absolute Gasteiger partial charge is 0.419 e. The summed E-state index contributed by atoms with van der Waals surface area (Å²) in [5, 5.41) is 3.10. The number of benzene rings is 1. The summed E-state index contributed by atoms with van der Waals surface area (Å²) in [6.07, 6.45) is -4.67. The standard InChI is InChI=1S/C13H18F4N2/c1-4-18-12(8-19(2)3)9-5-6-11(14)10(7-9)13(15,16)17/h5-7,12,18H,4,8H2,1-3H3. The van der Waals surface area contributed by atoms with Crippen molar-refractivity contribution in [2.45, 2.75) is 19.1 Å². The average molecular weight is 278 g/mol. The highest BCUT2D eigenvalue weighted by Gasteiger charge is 2.34. The van der Waals surface area contributed by atoms with Crippen LogP contribution in [0, 0.1) is 5.82 Å². The van der Waals surface area contributed by atoms with Crippen molar-refractivity contribution in [1.82, 2.24) is 10.2 Å². The Labute approximate surface area is 110 Å². The lowest BCUT2D eigenvalue weighted by Gasteiger charge is -2.23. The van der Waals surface area contributed by atoms with Crippen LogP contribution in [-0.4, -0.2) is 32.1 Å². The van der Waals surface area contributed by atoms with Crippen molar-refractivity contribution in [2.75, 3.05) is 27.2 Å². The normalized spacial score (nSPS) is 13.9. The van der Waals surface area contributed by atoms with Crippen molar-refractivity contribution in [2.24, 2.45) is 0 Å². The fraction of sp³-hybridized carbons (Fsp3) is 0.538. The summed E-state index contributed by atoms with van der Waals surface area (Å²) in [6, 6.07) is 2.88. The van der Waals surface area contributed by atoms with Crippen LogP contribution in [0.2, 0.25) is 0 Å². The third-order valence-electron chi connectivity index (χ3n) is 2.70. The van der Waals surface area contributed by atoms with E-state index >= 15 is 0 Å². The maximum Gasteiger partial charge on any atom is 0.419 e. The van der Waals surface area contributed by atoms with Gasteiger partial charge >= 0.3 is 6.18 Å². The Hall–Kier alpha value is -1.14. The number of halogens is 4. The summed E-state index contributed by atoms with van der Waals surface area (Å²) in [5.74, 6) is -1.24. The molecule has 19 heavy (non-hydrogen) atoms. The molecule has 0 fully saturated rings. The molecule has 0 bridgehead atoms. The molecule has 0 aliphatic carbocycles. The van der Waals surface area contributed by atoms with E-state index in [1.165, 1.54) is 6.07 Å². The zero-order valence-corrected chi connectivity index (χ0v) is 11.2. The molecule has 0 amide bonds. The quantitative estimate of drug-likeness (QED) is 0.833. The third kappa shape index (κ3) is 4.47. The minimum absolute atomic E-state index is 0.262. The van der Waals surface area contributed by atoms with Crippen LogP contribution in [0.4, 0.5) is 17.6 Å². The zero-order chi connectivity index (χ0) is 14.6. The van der Waals surface area contributed by atoms with Gasteiger partial charge in [0, 0.05) is 12.6 Å². The van der Waals surface area contributed by atoms with Gasteiger partial charge in [-0.2, -0.15) is 13.2 Å². The Bertz CT molecular complexity index is 416. The molecule has 0 heterocycles. The Morgan fingerprint density at radius 3 is 2.37 bits per heavy atom. The first-order valence-corrected chi connectivity index (χ1v) is 6.00. The van der Waals surface area contributed by atoms with Gasteiger partial charge in [-0.1, -0.05) is 13.0 Å². The Morgan fingerprint density at radius 2 is 1.89 bits per heavy atom. The van der Waals surface area contributed by atoms with Crippen LogP contribution in [-0.2, 0) is 6.18 Å². The molecule has 0 radical (unpaired) electrons. The maximum absolute atomic E-state index is 13.2. The van der Waals surface area contributed by atoms with Gasteiger partial charge in [-0.05, 0) is 38.3 Å². The van der Waals surface area contributed by atoms with Crippen LogP contribution in [0.3, 0.4) is 0 Å². The van der Waals surface area contributed by atoms with Crippen LogP contribution in [0.25, 0.3) is 0 Å². The van der Waals surface area contributed by atoms with Crippen molar-refractivity contribution >= 4 is 0 Å². The molecular formula is C13H18F4N2. The van der Waals surface area contributed by atoms with Crippen LogP contribution in [0.1, 0.15) is 24.1 Å². The average Bonchev–Trinajstić information content (AvgIpc) is 2.27. The molecule has 0 aliphatic heterocycles. The smallest absolute Gasteiger partial charge is 0.309 e. The fourth-order valence-electron chi connectivity index (χ4n) is 1.88. The Balaban J connectivity index is 3.10. The van der Waals surface area contributed by atoms with Crippen molar-refractivity contribution in [1.29, 1.82) is 0 Å². The van der Waals surface area contributed by atoms with Gasteiger partial charge in [-0.3, -0.25) is 0 Å². The van der Waals surface area contributed by atoms with Gasteiger partial charge in [-0.25, -0.2) is 4.39 Å². The van der Waals surface area contributed by atoms with Crippen molar-refractivity contribution in [3.63, 3.8) is 0 Å². The van der Waals surface area contributed by atoms with Crippen LogP contribution >= 0.6 is 0 Å². The monoisotopic (exact) mass is 278 g/mol. The minimum Gasteiger partial charge on any atom is -0.309 e. The number of likely N-dealkylation sites (N-methyl/N-ethyl adjacent to an activating group) is 2. The zero-order valence-electron chi connectivity index (χ0n) is 11.2. The van der Waals surface area contributed by atoms with Crippen molar-refractivity contribution in [3.05, 3.63) is 35.1 Å². The summed E-state index contributed by atoms with van der Waals surface area (Å²) < 4.78 is 51.2. The number of rotatable bonds is 5. The van der Waals surface area contributed by atoms with E-state index in [0.717, 1.165) is 12.1 Å². The molecule has 1 atom stereocenters. The molecule has 1 N–H and O–H groups in total. The Morgan fingerprint density at radius 1 is 1.26 bits per heavy atom. The van der Waals surface area contributed by atoms with E-state index < -0.39 is 17.6 Å². The van der Waals surface area contributed by atoms with E-state index in [2.05, 4.69) is 5.32 Å². The highest BCUT2D eigenvalue weighted by Crippen LogP contribution is 2.33. The van der Waals surface area contributed by atoms with E-state index in [1.54, 1.807) is 0 Å². The lowest BCUT2D eigenvalue weighted by molar-refractivity contribution is -0.140. The molecule has 0 spiro atoms. The lowest BCUT2D eigenvalue weighted by Crippen LogP contribution is -2.31. The highest BCUT2D eigenvalue weighted by molar-refractivity contribution is 5.29. The number of nitrogens with zero attached hydrogens (tertiary/aromatic N) is 1. The molecular weight excluding hydrogens is 260 g/mol. The predicted molar refractivity (Wildman–Crippen MR) is 66.4 cm³/mol.